The number of benzene rings is 2. The smallest absolute Gasteiger partial charge is 0.259 e. The first-order chi connectivity index (χ1) is 15.7. The van der Waals surface area contributed by atoms with Crippen LogP contribution in [0.3, 0.4) is 0 Å². The monoisotopic (exact) mass is 430 g/mol. The zero-order chi connectivity index (χ0) is 22.2. The number of rotatable bonds is 8. The van der Waals surface area contributed by atoms with Crippen LogP contribution in [0.1, 0.15) is 28.8 Å². The predicted molar refractivity (Wildman–Crippen MR) is 129 cm³/mol. The second kappa shape index (κ2) is 10.8. The van der Waals surface area contributed by atoms with E-state index in [4.69, 9.17) is 4.74 Å². The van der Waals surface area contributed by atoms with Crippen LogP contribution in [0.5, 0.6) is 5.75 Å². The molecule has 166 valence electrons. The Morgan fingerprint density at radius 3 is 2.72 bits per heavy atom. The quantitative estimate of drug-likeness (QED) is 0.562. The summed E-state index contributed by atoms with van der Waals surface area (Å²) in [6, 6.07) is 20.0. The Hall–Kier alpha value is -3.38. The molecule has 0 unspecified atom stereocenters. The standard InChI is InChI=1S/C26H30N4O2/c1-32-25-10-3-2-9-24(25)26(31)29-22-7-4-8-23(18-22)30-16-12-21(13-17-30)28-15-11-20-6-5-14-27-19-20/h2-10,14,18-19,21,28H,11-13,15-17H2,1H3,(H,29,31). The highest BCUT2D eigenvalue weighted by Crippen LogP contribution is 2.25. The van der Waals surface area contributed by atoms with Gasteiger partial charge in [0.25, 0.3) is 5.91 Å². The first-order valence-corrected chi connectivity index (χ1v) is 11.1. The van der Waals surface area contributed by atoms with Gasteiger partial charge in [0.15, 0.2) is 0 Å². The summed E-state index contributed by atoms with van der Waals surface area (Å²) in [6.07, 6.45) is 6.95. The van der Waals surface area contributed by atoms with Crippen molar-refractivity contribution in [2.45, 2.75) is 25.3 Å². The highest BCUT2D eigenvalue weighted by atomic mass is 16.5. The third kappa shape index (κ3) is 5.65. The van der Waals surface area contributed by atoms with Gasteiger partial charge in [-0.3, -0.25) is 9.78 Å². The first-order valence-electron chi connectivity index (χ1n) is 11.1. The summed E-state index contributed by atoms with van der Waals surface area (Å²) in [5.41, 5.74) is 3.72. The van der Waals surface area contributed by atoms with Crippen LogP contribution >= 0.6 is 0 Å². The Balaban J connectivity index is 1.29. The molecule has 2 heterocycles. The number of para-hydroxylation sites is 1. The van der Waals surface area contributed by atoms with Crippen LogP contribution in [-0.2, 0) is 6.42 Å². The van der Waals surface area contributed by atoms with E-state index in [2.05, 4.69) is 32.7 Å². The number of anilines is 2. The Kier molecular flexibility index (Phi) is 7.35. The van der Waals surface area contributed by atoms with Gasteiger partial charge in [0, 0.05) is 42.9 Å². The van der Waals surface area contributed by atoms with Crippen LogP contribution in [0, 0.1) is 0 Å². The van der Waals surface area contributed by atoms with Crippen LogP contribution in [0.2, 0.25) is 0 Å². The molecule has 0 aliphatic carbocycles. The minimum atomic E-state index is -0.170. The Morgan fingerprint density at radius 1 is 1.09 bits per heavy atom. The van der Waals surface area contributed by atoms with E-state index in [1.54, 1.807) is 19.2 Å². The van der Waals surface area contributed by atoms with Crippen molar-refractivity contribution in [3.8, 4) is 5.75 Å². The number of aromatic nitrogens is 1. The van der Waals surface area contributed by atoms with Gasteiger partial charge < -0.3 is 20.3 Å². The summed E-state index contributed by atoms with van der Waals surface area (Å²) in [7, 11) is 1.57. The summed E-state index contributed by atoms with van der Waals surface area (Å²) < 4.78 is 5.31. The number of methoxy groups -OCH3 is 1. The number of amides is 1. The molecule has 1 saturated heterocycles. The van der Waals surface area contributed by atoms with Crippen molar-refractivity contribution in [2.24, 2.45) is 0 Å². The highest BCUT2D eigenvalue weighted by Gasteiger charge is 2.19. The molecule has 6 heteroatoms. The normalized spacial score (nSPS) is 14.2. The van der Waals surface area contributed by atoms with Gasteiger partial charge in [-0.05, 0) is 67.8 Å². The van der Waals surface area contributed by atoms with Gasteiger partial charge >= 0.3 is 0 Å². The largest absolute Gasteiger partial charge is 0.496 e. The molecule has 0 atom stereocenters. The van der Waals surface area contributed by atoms with Crippen molar-refractivity contribution in [1.29, 1.82) is 0 Å². The second-order valence-electron chi connectivity index (χ2n) is 8.03. The number of ether oxygens (including phenoxy) is 1. The first kappa shape index (κ1) is 21.8. The van der Waals surface area contributed by atoms with Crippen LogP contribution < -0.4 is 20.3 Å². The topological polar surface area (TPSA) is 66.5 Å². The maximum Gasteiger partial charge on any atom is 0.259 e. The third-order valence-corrected chi connectivity index (χ3v) is 5.89. The zero-order valence-electron chi connectivity index (χ0n) is 18.5. The summed E-state index contributed by atoms with van der Waals surface area (Å²) in [5.74, 6) is 0.398. The maximum absolute atomic E-state index is 12.7. The molecule has 1 aliphatic rings. The van der Waals surface area contributed by atoms with Crippen LogP contribution in [0.15, 0.2) is 73.1 Å². The molecule has 3 aromatic rings. The minimum Gasteiger partial charge on any atom is -0.496 e. The van der Waals surface area contributed by atoms with Crippen molar-refractivity contribution >= 4 is 17.3 Å². The fourth-order valence-corrected chi connectivity index (χ4v) is 4.12. The van der Waals surface area contributed by atoms with Crippen LogP contribution in [0.25, 0.3) is 0 Å². The summed E-state index contributed by atoms with van der Waals surface area (Å²) in [6.45, 7) is 2.96. The second-order valence-corrected chi connectivity index (χ2v) is 8.03. The molecule has 6 nitrogen and oxygen atoms in total. The molecule has 0 saturated carbocycles. The van der Waals surface area contributed by atoms with Gasteiger partial charge in [-0.1, -0.05) is 24.3 Å². The Labute approximate surface area is 189 Å². The minimum absolute atomic E-state index is 0.170. The van der Waals surface area contributed by atoms with Crippen LogP contribution in [0.4, 0.5) is 11.4 Å². The molecule has 1 aromatic heterocycles. The number of hydrogen-bond acceptors (Lipinski definition) is 5. The lowest BCUT2D eigenvalue weighted by Crippen LogP contribution is -2.43. The molecule has 2 aromatic carbocycles. The Morgan fingerprint density at radius 2 is 1.94 bits per heavy atom. The molecule has 32 heavy (non-hydrogen) atoms. The molecular formula is C26H30N4O2. The number of nitrogens with zero attached hydrogens (tertiary/aromatic N) is 2. The molecule has 1 amide bonds. The van der Waals surface area contributed by atoms with Crippen molar-refractivity contribution in [2.75, 3.05) is 37.0 Å². The van der Waals surface area contributed by atoms with Crippen LogP contribution in [-0.4, -0.2) is 43.7 Å². The van der Waals surface area contributed by atoms with E-state index in [9.17, 15) is 4.79 Å². The number of nitrogens with one attached hydrogen (secondary N) is 2. The molecule has 0 bridgehead atoms. The van der Waals surface area contributed by atoms with Gasteiger partial charge in [0.05, 0.1) is 12.7 Å². The summed E-state index contributed by atoms with van der Waals surface area (Å²) in [4.78, 5) is 19.3. The fraction of sp³-hybridized carbons (Fsp3) is 0.308. The Bertz CT molecular complexity index is 1020. The van der Waals surface area contributed by atoms with Gasteiger partial charge in [-0.2, -0.15) is 0 Å². The zero-order valence-corrected chi connectivity index (χ0v) is 18.5. The summed E-state index contributed by atoms with van der Waals surface area (Å²) >= 11 is 0. The lowest BCUT2D eigenvalue weighted by Gasteiger charge is -2.34. The van der Waals surface area contributed by atoms with Gasteiger partial charge in [0.1, 0.15) is 5.75 Å². The predicted octanol–water partition coefficient (Wildman–Crippen LogP) is 4.14. The lowest BCUT2D eigenvalue weighted by molar-refractivity contribution is 0.102. The van der Waals surface area contributed by atoms with Crippen molar-refractivity contribution in [3.05, 3.63) is 84.2 Å². The van der Waals surface area contributed by atoms with E-state index < -0.39 is 0 Å². The van der Waals surface area contributed by atoms with Crippen molar-refractivity contribution in [1.82, 2.24) is 10.3 Å². The molecular weight excluding hydrogens is 400 g/mol. The van der Waals surface area contributed by atoms with Gasteiger partial charge in [0.2, 0.25) is 0 Å². The fourth-order valence-electron chi connectivity index (χ4n) is 4.12. The number of piperidine rings is 1. The third-order valence-electron chi connectivity index (χ3n) is 5.89. The van der Waals surface area contributed by atoms with E-state index in [-0.39, 0.29) is 5.91 Å². The summed E-state index contributed by atoms with van der Waals surface area (Å²) in [5, 5.41) is 6.69. The van der Waals surface area contributed by atoms with Gasteiger partial charge in [-0.25, -0.2) is 0 Å². The molecule has 2 N–H and O–H groups in total. The number of pyridine rings is 1. The van der Waals surface area contributed by atoms with Crippen molar-refractivity contribution < 1.29 is 9.53 Å². The number of carbonyl (C=O) groups is 1. The van der Waals surface area contributed by atoms with E-state index in [1.165, 1.54) is 5.56 Å². The average molecular weight is 431 g/mol. The molecule has 0 radical (unpaired) electrons. The highest BCUT2D eigenvalue weighted by molar-refractivity contribution is 6.06. The molecule has 4 rings (SSSR count). The molecule has 1 fully saturated rings. The average Bonchev–Trinajstić information content (AvgIpc) is 2.85. The number of carbonyl (C=O) groups excluding carboxylic acids is 1. The van der Waals surface area contributed by atoms with Crippen molar-refractivity contribution in [3.63, 3.8) is 0 Å². The number of hydrogen-bond donors (Lipinski definition) is 2. The van der Waals surface area contributed by atoms with E-state index >= 15 is 0 Å². The lowest BCUT2D eigenvalue weighted by atomic mass is 10.0. The SMILES string of the molecule is COc1ccccc1C(=O)Nc1cccc(N2CCC(NCCc3cccnc3)CC2)c1. The van der Waals surface area contributed by atoms with E-state index in [0.29, 0.717) is 17.4 Å². The van der Waals surface area contributed by atoms with E-state index in [1.807, 2.05) is 48.8 Å². The maximum atomic E-state index is 12.7. The van der Waals surface area contributed by atoms with E-state index in [0.717, 1.165) is 50.3 Å². The molecule has 1 aliphatic heterocycles. The molecule has 0 spiro atoms. The van der Waals surface area contributed by atoms with Gasteiger partial charge in [-0.15, -0.1) is 0 Å².